The molecule has 1 aromatic carbocycles. The van der Waals surface area contributed by atoms with Crippen molar-refractivity contribution in [3.8, 4) is 11.5 Å². The molecule has 1 N–H and O–H groups in total. The summed E-state index contributed by atoms with van der Waals surface area (Å²) < 4.78 is 10.8. The fourth-order valence-corrected chi connectivity index (χ4v) is 1.63. The van der Waals surface area contributed by atoms with Crippen LogP contribution in [0.5, 0.6) is 11.5 Å². The van der Waals surface area contributed by atoms with Crippen LogP contribution in [0.15, 0.2) is 24.8 Å². The van der Waals surface area contributed by atoms with Crippen molar-refractivity contribution in [1.29, 1.82) is 0 Å². The SMILES string of the molecule is C=CCOc1c(CNC)cc(Cl)cc1OC. The predicted octanol–water partition coefficient (Wildman–Crippen LogP) is 2.63. The average molecular weight is 242 g/mol. The number of halogens is 1. The Hall–Kier alpha value is -1.19. The lowest BCUT2D eigenvalue weighted by molar-refractivity contribution is 0.322. The zero-order chi connectivity index (χ0) is 12.0. The molecular weight excluding hydrogens is 226 g/mol. The highest BCUT2D eigenvalue weighted by atomic mass is 35.5. The summed E-state index contributed by atoms with van der Waals surface area (Å²) in [7, 11) is 3.46. The third-order valence-electron chi connectivity index (χ3n) is 2.03. The Labute approximate surface area is 101 Å². The van der Waals surface area contributed by atoms with Gasteiger partial charge in [-0.2, -0.15) is 0 Å². The molecule has 0 fully saturated rings. The standard InChI is InChI=1S/C12H16ClNO2/c1-4-5-16-12-9(8-14-2)6-10(13)7-11(12)15-3/h4,6-7,14H,1,5,8H2,2-3H3. The van der Waals surface area contributed by atoms with Gasteiger partial charge in [0.1, 0.15) is 6.61 Å². The fraction of sp³-hybridized carbons (Fsp3) is 0.333. The Morgan fingerprint density at radius 3 is 2.81 bits per heavy atom. The second-order valence-corrected chi connectivity index (χ2v) is 3.66. The van der Waals surface area contributed by atoms with Crippen molar-refractivity contribution in [1.82, 2.24) is 5.32 Å². The number of hydrogen-bond acceptors (Lipinski definition) is 3. The van der Waals surface area contributed by atoms with Gasteiger partial charge in [-0.3, -0.25) is 0 Å². The highest BCUT2D eigenvalue weighted by Gasteiger charge is 2.11. The van der Waals surface area contributed by atoms with E-state index in [2.05, 4.69) is 11.9 Å². The van der Waals surface area contributed by atoms with Crippen molar-refractivity contribution in [2.24, 2.45) is 0 Å². The number of rotatable bonds is 6. The zero-order valence-corrected chi connectivity index (χ0v) is 10.3. The van der Waals surface area contributed by atoms with E-state index in [4.69, 9.17) is 21.1 Å². The lowest BCUT2D eigenvalue weighted by Crippen LogP contribution is -2.08. The summed E-state index contributed by atoms with van der Waals surface area (Å²) in [5, 5.41) is 3.69. The summed E-state index contributed by atoms with van der Waals surface area (Å²) in [6.45, 7) is 4.73. The Morgan fingerprint density at radius 1 is 1.50 bits per heavy atom. The lowest BCUT2D eigenvalue weighted by atomic mass is 10.2. The minimum Gasteiger partial charge on any atom is -0.493 e. The molecule has 0 atom stereocenters. The maximum Gasteiger partial charge on any atom is 0.166 e. The van der Waals surface area contributed by atoms with E-state index in [0.717, 1.165) is 5.56 Å². The molecule has 3 nitrogen and oxygen atoms in total. The lowest BCUT2D eigenvalue weighted by Gasteiger charge is -2.14. The van der Waals surface area contributed by atoms with Crippen molar-refractivity contribution in [2.75, 3.05) is 20.8 Å². The van der Waals surface area contributed by atoms with Gasteiger partial charge in [0.05, 0.1) is 7.11 Å². The van der Waals surface area contributed by atoms with Gasteiger partial charge in [0.2, 0.25) is 0 Å². The van der Waals surface area contributed by atoms with Crippen LogP contribution in [-0.4, -0.2) is 20.8 Å². The molecule has 16 heavy (non-hydrogen) atoms. The van der Waals surface area contributed by atoms with Gasteiger partial charge >= 0.3 is 0 Å². The summed E-state index contributed by atoms with van der Waals surface area (Å²) >= 11 is 5.99. The summed E-state index contributed by atoms with van der Waals surface area (Å²) in [6, 6.07) is 3.60. The topological polar surface area (TPSA) is 30.5 Å². The van der Waals surface area contributed by atoms with Crippen LogP contribution < -0.4 is 14.8 Å². The van der Waals surface area contributed by atoms with Gasteiger partial charge in [0, 0.05) is 23.2 Å². The smallest absolute Gasteiger partial charge is 0.166 e. The molecule has 1 rings (SSSR count). The summed E-state index contributed by atoms with van der Waals surface area (Å²) in [6.07, 6.45) is 1.69. The van der Waals surface area contributed by atoms with E-state index in [0.29, 0.717) is 29.7 Å². The van der Waals surface area contributed by atoms with E-state index in [1.54, 1.807) is 19.3 Å². The van der Waals surface area contributed by atoms with Gasteiger partial charge in [0.25, 0.3) is 0 Å². The Kier molecular flexibility index (Phi) is 5.15. The fourth-order valence-electron chi connectivity index (χ4n) is 1.40. The van der Waals surface area contributed by atoms with Crippen LogP contribution in [-0.2, 0) is 6.54 Å². The quantitative estimate of drug-likeness (QED) is 0.777. The number of hydrogen-bond donors (Lipinski definition) is 1. The van der Waals surface area contributed by atoms with Crippen LogP contribution in [0.2, 0.25) is 5.02 Å². The molecule has 0 saturated carbocycles. The van der Waals surface area contributed by atoms with E-state index in [1.165, 1.54) is 0 Å². The van der Waals surface area contributed by atoms with E-state index in [1.807, 2.05) is 13.1 Å². The second kappa shape index (κ2) is 6.40. The number of methoxy groups -OCH3 is 1. The molecule has 0 saturated heterocycles. The van der Waals surface area contributed by atoms with Crippen LogP contribution in [0.3, 0.4) is 0 Å². The van der Waals surface area contributed by atoms with E-state index in [9.17, 15) is 0 Å². The normalized spacial score (nSPS) is 9.94. The highest BCUT2D eigenvalue weighted by Crippen LogP contribution is 2.34. The predicted molar refractivity (Wildman–Crippen MR) is 66.5 cm³/mol. The molecular formula is C12H16ClNO2. The zero-order valence-electron chi connectivity index (χ0n) is 9.55. The molecule has 0 aromatic heterocycles. The molecule has 0 heterocycles. The first kappa shape index (κ1) is 12.9. The van der Waals surface area contributed by atoms with Crippen LogP contribution in [0.25, 0.3) is 0 Å². The maximum absolute atomic E-state index is 5.99. The first-order chi connectivity index (χ1) is 7.72. The van der Waals surface area contributed by atoms with Gasteiger partial charge < -0.3 is 14.8 Å². The second-order valence-electron chi connectivity index (χ2n) is 3.23. The third-order valence-corrected chi connectivity index (χ3v) is 2.25. The van der Waals surface area contributed by atoms with Crippen LogP contribution >= 0.6 is 11.6 Å². The van der Waals surface area contributed by atoms with E-state index < -0.39 is 0 Å². The minimum absolute atomic E-state index is 0.439. The molecule has 0 amide bonds. The van der Waals surface area contributed by atoms with E-state index in [-0.39, 0.29) is 0 Å². The molecule has 4 heteroatoms. The van der Waals surface area contributed by atoms with Crippen molar-refractivity contribution in [3.05, 3.63) is 35.4 Å². The third kappa shape index (κ3) is 3.15. The summed E-state index contributed by atoms with van der Waals surface area (Å²) in [4.78, 5) is 0. The first-order valence-corrected chi connectivity index (χ1v) is 5.35. The largest absolute Gasteiger partial charge is 0.493 e. The van der Waals surface area contributed by atoms with Crippen molar-refractivity contribution >= 4 is 11.6 Å². The van der Waals surface area contributed by atoms with Crippen molar-refractivity contribution in [3.63, 3.8) is 0 Å². The molecule has 0 unspecified atom stereocenters. The first-order valence-electron chi connectivity index (χ1n) is 4.97. The summed E-state index contributed by atoms with van der Waals surface area (Å²) in [5.41, 5.74) is 0.966. The van der Waals surface area contributed by atoms with Crippen LogP contribution in [0, 0.1) is 0 Å². The molecule has 1 aromatic rings. The van der Waals surface area contributed by atoms with Gasteiger partial charge in [-0.15, -0.1) is 0 Å². The van der Waals surface area contributed by atoms with E-state index >= 15 is 0 Å². The molecule has 0 aliphatic heterocycles. The van der Waals surface area contributed by atoms with Crippen molar-refractivity contribution in [2.45, 2.75) is 6.54 Å². The number of nitrogens with one attached hydrogen (secondary N) is 1. The van der Waals surface area contributed by atoms with Gasteiger partial charge in [-0.1, -0.05) is 24.3 Å². The minimum atomic E-state index is 0.439. The number of benzene rings is 1. The molecule has 0 radical (unpaired) electrons. The van der Waals surface area contributed by atoms with Crippen LogP contribution in [0.4, 0.5) is 0 Å². The Bertz CT molecular complexity index is 366. The average Bonchev–Trinajstić information content (AvgIpc) is 2.27. The highest BCUT2D eigenvalue weighted by molar-refractivity contribution is 6.30. The maximum atomic E-state index is 5.99. The van der Waals surface area contributed by atoms with Gasteiger partial charge in [-0.25, -0.2) is 0 Å². The Morgan fingerprint density at radius 2 is 2.25 bits per heavy atom. The molecule has 88 valence electrons. The number of ether oxygens (including phenoxy) is 2. The molecule has 0 aliphatic carbocycles. The monoisotopic (exact) mass is 241 g/mol. The molecule has 0 spiro atoms. The van der Waals surface area contributed by atoms with Gasteiger partial charge in [0.15, 0.2) is 11.5 Å². The van der Waals surface area contributed by atoms with Crippen molar-refractivity contribution < 1.29 is 9.47 Å². The van der Waals surface area contributed by atoms with Crippen LogP contribution in [0.1, 0.15) is 5.56 Å². The van der Waals surface area contributed by atoms with Gasteiger partial charge in [-0.05, 0) is 13.1 Å². The molecule has 0 aliphatic rings. The Balaban J connectivity index is 3.10. The summed E-state index contributed by atoms with van der Waals surface area (Å²) in [5.74, 6) is 1.35. The molecule has 0 bridgehead atoms.